The molecule has 0 unspecified atom stereocenters. The highest BCUT2D eigenvalue weighted by atomic mass is 35.5. The summed E-state index contributed by atoms with van der Waals surface area (Å²) < 4.78 is 5.36. The van der Waals surface area contributed by atoms with E-state index in [-0.39, 0.29) is 5.54 Å². The van der Waals surface area contributed by atoms with E-state index in [4.69, 9.17) is 16.3 Å². The van der Waals surface area contributed by atoms with Gasteiger partial charge in [0.05, 0.1) is 12.8 Å². The smallest absolute Gasteiger partial charge is 0.225 e. The number of rotatable bonds is 4. The van der Waals surface area contributed by atoms with Gasteiger partial charge in [-0.05, 0) is 45.4 Å². The summed E-state index contributed by atoms with van der Waals surface area (Å²) in [5, 5.41) is 7.15. The summed E-state index contributed by atoms with van der Waals surface area (Å²) >= 11 is 6.12. The molecule has 0 amide bonds. The first-order valence-corrected chi connectivity index (χ1v) is 7.39. The van der Waals surface area contributed by atoms with Gasteiger partial charge in [0.15, 0.2) is 0 Å². The number of anilines is 3. The number of hydrogen-bond donors (Lipinski definition) is 2. The Morgan fingerprint density at radius 2 is 1.95 bits per heavy atom. The van der Waals surface area contributed by atoms with Gasteiger partial charge in [0.25, 0.3) is 0 Å². The molecule has 22 heavy (non-hydrogen) atoms. The number of methoxy groups -OCH3 is 1. The average Bonchev–Trinajstić information content (AvgIpc) is 2.41. The van der Waals surface area contributed by atoms with Gasteiger partial charge in [-0.3, -0.25) is 0 Å². The van der Waals surface area contributed by atoms with Gasteiger partial charge in [-0.1, -0.05) is 11.6 Å². The van der Waals surface area contributed by atoms with Crippen LogP contribution in [0.2, 0.25) is 5.02 Å². The van der Waals surface area contributed by atoms with Crippen LogP contribution in [0.25, 0.3) is 0 Å². The minimum atomic E-state index is -0.104. The van der Waals surface area contributed by atoms with E-state index in [9.17, 15) is 0 Å². The predicted octanol–water partition coefficient (Wildman–Crippen LogP) is 4.40. The van der Waals surface area contributed by atoms with Crippen LogP contribution in [0.5, 0.6) is 5.75 Å². The summed E-state index contributed by atoms with van der Waals surface area (Å²) in [6.07, 6.45) is 1.71. The maximum atomic E-state index is 6.12. The number of nitrogens with zero attached hydrogens (tertiary/aromatic N) is 2. The van der Waals surface area contributed by atoms with E-state index in [2.05, 4.69) is 41.4 Å². The number of aromatic nitrogens is 2. The Hall–Kier alpha value is -2.01. The van der Waals surface area contributed by atoms with Gasteiger partial charge in [-0.15, -0.1) is 0 Å². The summed E-state index contributed by atoms with van der Waals surface area (Å²) in [7, 11) is 1.61. The topological polar surface area (TPSA) is 59.1 Å². The zero-order chi connectivity index (χ0) is 16.3. The zero-order valence-electron chi connectivity index (χ0n) is 13.5. The van der Waals surface area contributed by atoms with E-state index < -0.39 is 0 Å². The van der Waals surface area contributed by atoms with E-state index in [1.165, 1.54) is 0 Å². The summed E-state index contributed by atoms with van der Waals surface area (Å²) in [4.78, 5) is 8.69. The lowest BCUT2D eigenvalue weighted by molar-refractivity contribution is 0.416. The van der Waals surface area contributed by atoms with Crippen LogP contribution in [0.4, 0.5) is 17.5 Å². The highest BCUT2D eigenvalue weighted by Crippen LogP contribution is 2.32. The highest BCUT2D eigenvalue weighted by molar-refractivity contribution is 6.31. The molecule has 118 valence electrons. The third-order valence-electron chi connectivity index (χ3n) is 2.89. The fraction of sp³-hybridized carbons (Fsp3) is 0.375. The molecule has 0 atom stereocenters. The quantitative estimate of drug-likeness (QED) is 0.874. The van der Waals surface area contributed by atoms with Crippen molar-refractivity contribution in [2.75, 3.05) is 17.7 Å². The molecule has 0 radical (unpaired) electrons. The number of nitrogens with one attached hydrogen (secondary N) is 2. The second-order valence-electron chi connectivity index (χ2n) is 6.07. The Balaban J connectivity index is 2.28. The molecule has 2 aromatic rings. The maximum Gasteiger partial charge on any atom is 0.225 e. The van der Waals surface area contributed by atoms with Gasteiger partial charge in [0, 0.05) is 22.8 Å². The van der Waals surface area contributed by atoms with Gasteiger partial charge in [-0.2, -0.15) is 4.98 Å². The SMILES string of the molecule is COc1cc(Cl)c(C)cc1Nc1ccnc(NC(C)(C)C)n1. The Morgan fingerprint density at radius 3 is 2.59 bits per heavy atom. The normalized spacial score (nSPS) is 11.2. The molecule has 1 aromatic heterocycles. The van der Waals surface area contributed by atoms with Crippen LogP contribution in [0.3, 0.4) is 0 Å². The molecule has 0 saturated heterocycles. The van der Waals surface area contributed by atoms with Crippen LogP contribution in [0, 0.1) is 6.92 Å². The molecule has 0 fully saturated rings. The van der Waals surface area contributed by atoms with Crippen molar-refractivity contribution in [3.63, 3.8) is 0 Å². The molecule has 1 aromatic carbocycles. The van der Waals surface area contributed by atoms with Crippen LogP contribution in [-0.2, 0) is 0 Å². The van der Waals surface area contributed by atoms with Crippen molar-refractivity contribution in [2.45, 2.75) is 33.2 Å². The number of aryl methyl sites for hydroxylation is 1. The van der Waals surface area contributed by atoms with E-state index in [1.54, 1.807) is 25.4 Å². The summed E-state index contributed by atoms with van der Waals surface area (Å²) in [5.74, 6) is 1.92. The first-order valence-electron chi connectivity index (χ1n) is 7.01. The Labute approximate surface area is 136 Å². The molecule has 0 aliphatic rings. The number of halogens is 1. The first kappa shape index (κ1) is 16.4. The summed E-state index contributed by atoms with van der Waals surface area (Å²) in [6, 6.07) is 5.52. The molecule has 0 bridgehead atoms. The third kappa shape index (κ3) is 4.24. The van der Waals surface area contributed by atoms with Crippen molar-refractivity contribution >= 4 is 29.1 Å². The Bertz CT molecular complexity index is 668. The molecule has 2 N–H and O–H groups in total. The molecule has 0 aliphatic carbocycles. The lowest BCUT2D eigenvalue weighted by Gasteiger charge is -2.20. The minimum Gasteiger partial charge on any atom is -0.495 e. The standard InChI is InChI=1S/C16H21ClN4O/c1-10-8-12(13(22-5)9-11(10)17)19-14-6-7-18-15(20-14)21-16(2,3)4/h6-9H,1-5H3,(H2,18,19,20,21). The number of ether oxygens (including phenoxy) is 1. The van der Waals surface area contributed by atoms with Gasteiger partial charge >= 0.3 is 0 Å². The van der Waals surface area contributed by atoms with Crippen molar-refractivity contribution < 1.29 is 4.74 Å². The zero-order valence-corrected chi connectivity index (χ0v) is 14.2. The van der Waals surface area contributed by atoms with Gasteiger partial charge < -0.3 is 15.4 Å². The summed E-state index contributed by atoms with van der Waals surface area (Å²) in [6.45, 7) is 8.12. The molecule has 0 saturated carbocycles. The molecule has 0 spiro atoms. The van der Waals surface area contributed by atoms with Crippen LogP contribution in [-0.4, -0.2) is 22.6 Å². The van der Waals surface area contributed by atoms with Crippen molar-refractivity contribution in [3.05, 3.63) is 35.0 Å². The fourth-order valence-electron chi connectivity index (χ4n) is 1.89. The number of benzene rings is 1. The second-order valence-corrected chi connectivity index (χ2v) is 6.47. The fourth-order valence-corrected chi connectivity index (χ4v) is 2.05. The van der Waals surface area contributed by atoms with Crippen molar-refractivity contribution in [1.82, 2.24) is 9.97 Å². The van der Waals surface area contributed by atoms with Crippen LogP contribution in [0.1, 0.15) is 26.3 Å². The van der Waals surface area contributed by atoms with E-state index in [0.29, 0.717) is 22.5 Å². The Morgan fingerprint density at radius 1 is 1.23 bits per heavy atom. The summed E-state index contributed by atoms with van der Waals surface area (Å²) in [5.41, 5.74) is 1.67. The third-order valence-corrected chi connectivity index (χ3v) is 3.29. The lowest BCUT2D eigenvalue weighted by Crippen LogP contribution is -2.27. The molecule has 1 heterocycles. The minimum absolute atomic E-state index is 0.104. The van der Waals surface area contributed by atoms with Gasteiger partial charge in [0.1, 0.15) is 11.6 Å². The van der Waals surface area contributed by atoms with E-state index in [1.807, 2.05) is 13.0 Å². The maximum absolute atomic E-state index is 6.12. The molecule has 0 aliphatic heterocycles. The second kappa shape index (κ2) is 6.40. The monoisotopic (exact) mass is 320 g/mol. The molecular weight excluding hydrogens is 300 g/mol. The van der Waals surface area contributed by atoms with Gasteiger partial charge in [-0.25, -0.2) is 4.98 Å². The van der Waals surface area contributed by atoms with Crippen molar-refractivity contribution in [3.8, 4) is 5.75 Å². The molecule has 5 nitrogen and oxygen atoms in total. The Kier molecular flexibility index (Phi) is 4.76. The largest absolute Gasteiger partial charge is 0.495 e. The molecule has 2 rings (SSSR count). The van der Waals surface area contributed by atoms with Crippen LogP contribution >= 0.6 is 11.6 Å². The lowest BCUT2D eigenvalue weighted by atomic mass is 10.1. The molecular formula is C16H21ClN4O. The highest BCUT2D eigenvalue weighted by Gasteiger charge is 2.12. The van der Waals surface area contributed by atoms with Crippen LogP contribution < -0.4 is 15.4 Å². The van der Waals surface area contributed by atoms with Crippen LogP contribution in [0.15, 0.2) is 24.4 Å². The molecule has 6 heteroatoms. The predicted molar refractivity (Wildman–Crippen MR) is 91.4 cm³/mol. The van der Waals surface area contributed by atoms with Crippen molar-refractivity contribution in [2.24, 2.45) is 0 Å². The van der Waals surface area contributed by atoms with E-state index in [0.717, 1.165) is 11.3 Å². The average molecular weight is 321 g/mol. The number of hydrogen-bond acceptors (Lipinski definition) is 5. The van der Waals surface area contributed by atoms with E-state index >= 15 is 0 Å². The first-order chi connectivity index (χ1) is 10.3. The van der Waals surface area contributed by atoms with Crippen molar-refractivity contribution in [1.29, 1.82) is 0 Å². The van der Waals surface area contributed by atoms with Gasteiger partial charge in [0.2, 0.25) is 5.95 Å².